The molecule has 0 rings (SSSR count). The molecule has 0 aromatic heterocycles. The van der Waals surface area contributed by atoms with Gasteiger partial charge < -0.3 is 0 Å². The summed E-state index contributed by atoms with van der Waals surface area (Å²) in [5.74, 6) is 1.96. The van der Waals surface area contributed by atoms with Crippen LogP contribution in [0.1, 0.15) is 27.2 Å². The zero-order chi connectivity index (χ0) is 7.11. The normalized spacial score (nSPS) is 11.6. The highest BCUT2D eigenvalue weighted by molar-refractivity contribution is 7.98. The largest absolute Gasteiger partial charge is 0.229 e. The Kier molecular flexibility index (Phi) is 6.16. The molecule has 0 radical (unpaired) electrons. The van der Waals surface area contributed by atoms with Crippen molar-refractivity contribution in [3.8, 4) is 0 Å². The molecule has 0 saturated heterocycles. The monoisotopic (exact) mass is 145 g/mol. The van der Waals surface area contributed by atoms with E-state index in [4.69, 9.17) is 0 Å². The number of hydrogen-bond donors (Lipinski definition) is 0. The zero-order valence-electron chi connectivity index (χ0n) is 6.42. The summed E-state index contributed by atoms with van der Waals surface area (Å²) in [6.07, 6.45) is 3.10. The molecule has 0 unspecified atom stereocenters. The van der Waals surface area contributed by atoms with Gasteiger partial charge in [0.05, 0.1) is 0 Å². The molecule has 0 aliphatic rings. The standard InChI is InChI=1S/C7H15NS/c1-4-8-9-6-5-7(2)3/h4,7H,5-6H2,1-3H3/b8-4-. The lowest BCUT2D eigenvalue weighted by molar-refractivity contribution is 0.632. The summed E-state index contributed by atoms with van der Waals surface area (Å²) in [4.78, 5) is 0. The zero-order valence-corrected chi connectivity index (χ0v) is 7.24. The van der Waals surface area contributed by atoms with Gasteiger partial charge in [-0.05, 0) is 31.2 Å². The average molecular weight is 145 g/mol. The van der Waals surface area contributed by atoms with Gasteiger partial charge in [0.1, 0.15) is 0 Å². The summed E-state index contributed by atoms with van der Waals surface area (Å²) in [7, 11) is 0. The molecule has 0 N–H and O–H groups in total. The van der Waals surface area contributed by atoms with Gasteiger partial charge in [-0.3, -0.25) is 0 Å². The van der Waals surface area contributed by atoms with Crippen LogP contribution in [0.3, 0.4) is 0 Å². The van der Waals surface area contributed by atoms with Crippen LogP contribution in [0.15, 0.2) is 4.40 Å². The summed E-state index contributed by atoms with van der Waals surface area (Å²) in [6, 6.07) is 0. The van der Waals surface area contributed by atoms with E-state index in [1.165, 1.54) is 6.42 Å². The van der Waals surface area contributed by atoms with E-state index in [9.17, 15) is 0 Å². The van der Waals surface area contributed by atoms with Crippen molar-refractivity contribution in [2.24, 2.45) is 10.3 Å². The van der Waals surface area contributed by atoms with Crippen molar-refractivity contribution in [2.75, 3.05) is 5.75 Å². The molecule has 0 fully saturated rings. The first-order valence-corrected chi connectivity index (χ1v) is 4.31. The number of hydrogen-bond acceptors (Lipinski definition) is 2. The third-order valence-electron chi connectivity index (χ3n) is 0.966. The lowest BCUT2D eigenvalue weighted by Crippen LogP contribution is -1.87. The van der Waals surface area contributed by atoms with Crippen LogP contribution < -0.4 is 0 Å². The van der Waals surface area contributed by atoms with Crippen LogP contribution in [0, 0.1) is 5.92 Å². The fourth-order valence-electron chi connectivity index (χ4n) is 0.416. The van der Waals surface area contributed by atoms with Gasteiger partial charge >= 0.3 is 0 Å². The summed E-state index contributed by atoms with van der Waals surface area (Å²) < 4.78 is 4.04. The third-order valence-corrected chi connectivity index (χ3v) is 1.74. The quantitative estimate of drug-likeness (QED) is 0.336. The summed E-state index contributed by atoms with van der Waals surface area (Å²) in [5, 5.41) is 0. The predicted octanol–water partition coefficient (Wildman–Crippen LogP) is 2.77. The van der Waals surface area contributed by atoms with Gasteiger partial charge in [0, 0.05) is 12.0 Å². The maximum atomic E-state index is 4.04. The molecule has 0 aliphatic carbocycles. The van der Waals surface area contributed by atoms with Crippen LogP contribution in [-0.4, -0.2) is 12.0 Å². The van der Waals surface area contributed by atoms with E-state index in [-0.39, 0.29) is 0 Å². The fraction of sp³-hybridized carbons (Fsp3) is 0.857. The second-order valence-electron chi connectivity index (χ2n) is 2.38. The van der Waals surface area contributed by atoms with Gasteiger partial charge in [-0.2, -0.15) is 0 Å². The Balaban J connectivity index is 2.91. The van der Waals surface area contributed by atoms with Crippen molar-refractivity contribution >= 4 is 18.2 Å². The van der Waals surface area contributed by atoms with E-state index in [0.29, 0.717) is 0 Å². The van der Waals surface area contributed by atoms with Crippen molar-refractivity contribution < 1.29 is 0 Å². The molecular weight excluding hydrogens is 130 g/mol. The van der Waals surface area contributed by atoms with Gasteiger partial charge in [0.15, 0.2) is 0 Å². The van der Waals surface area contributed by atoms with Crippen LogP contribution in [-0.2, 0) is 0 Å². The van der Waals surface area contributed by atoms with E-state index in [1.807, 2.05) is 13.1 Å². The average Bonchev–Trinajstić information content (AvgIpc) is 1.80. The predicted molar refractivity (Wildman–Crippen MR) is 46.1 cm³/mol. The highest BCUT2D eigenvalue weighted by Gasteiger charge is 1.91. The summed E-state index contributed by atoms with van der Waals surface area (Å²) in [5.41, 5.74) is 0. The first-order chi connectivity index (χ1) is 4.27. The second kappa shape index (κ2) is 6.14. The first-order valence-electron chi connectivity index (χ1n) is 3.37. The lowest BCUT2D eigenvalue weighted by Gasteiger charge is -1.98. The topological polar surface area (TPSA) is 12.4 Å². The van der Waals surface area contributed by atoms with Crippen molar-refractivity contribution in [1.29, 1.82) is 0 Å². The Morgan fingerprint density at radius 2 is 2.22 bits per heavy atom. The molecule has 9 heavy (non-hydrogen) atoms. The molecule has 2 heteroatoms. The first kappa shape index (κ1) is 9.02. The van der Waals surface area contributed by atoms with Crippen LogP contribution in [0.2, 0.25) is 0 Å². The Morgan fingerprint density at radius 3 is 2.67 bits per heavy atom. The minimum Gasteiger partial charge on any atom is -0.229 e. The molecule has 0 saturated carbocycles. The van der Waals surface area contributed by atoms with Crippen molar-refractivity contribution in [3.05, 3.63) is 0 Å². The molecule has 0 heterocycles. The molecule has 0 atom stereocenters. The summed E-state index contributed by atoms with van der Waals surface area (Å²) in [6.45, 7) is 6.41. The molecule has 0 aromatic rings. The maximum absolute atomic E-state index is 4.04. The Hall–Kier alpha value is 0.0200. The lowest BCUT2D eigenvalue weighted by atomic mass is 10.2. The maximum Gasteiger partial charge on any atom is 0.0155 e. The Morgan fingerprint density at radius 1 is 1.56 bits per heavy atom. The molecule has 0 aromatic carbocycles. The third kappa shape index (κ3) is 8.02. The minimum atomic E-state index is 0.810. The van der Waals surface area contributed by atoms with Crippen molar-refractivity contribution in [3.63, 3.8) is 0 Å². The van der Waals surface area contributed by atoms with Crippen LogP contribution in [0.25, 0.3) is 0 Å². The molecule has 0 amide bonds. The van der Waals surface area contributed by atoms with Crippen LogP contribution in [0.5, 0.6) is 0 Å². The smallest absolute Gasteiger partial charge is 0.0155 e. The van der Waals surface area contributed by atoms with Gasteiger partial charge in [-0.15, -0.1) is 0 Å². The number of rotatable bonds is 4. The summed E-state index contributed by atoms with van der Waals surface area (Å²) >= 11 is 1.65. The van der Waals surface area contributed by atoms with Crippen LogP contribution in [0.4, 0.5) is 0 Å². The molecule has 54 valence electrons. The van der Waals surface area contributed by atoms with E-state index in [2.05, 4.69) is 18.2 Å². The van der Waals surface area contributed by atoms with Crippen molar-refractivity contribution in [2.45, 2.75) is 27.2 Å². The molecule has 0 bridgehead atoms. The van der Waals surface area contributed by atoms with Gasteiger partial charge in [-0.1, -0.05) is 13.8 Å². The van der Waals surface area contributed by atoms with E-state index in [1.54, 1.807) is 11.9 Å². The number of nitrogens with zero attached hydrogens (tertiary/aromatic N) is 1. The van der Waals surface area contributed by atoms with Gasteiger partial charge in [0.25, 0.3) is 0 Å². The van der Waals surface area contributed by atoms with E-state index < -0.39 is 0 Å². The SMILES string of the molecule is C/C=N\SCCC(C)C. The van der Waals surface area contributed by atoms with Gasteiger partial charge in [0.2, 0.25) is 0 Å². The highest BCUT2D eigenvalue weighted by Crippen LogP contribution is 2.08. The van der Waals surface area contributed by atoms with Gasteiger partial charge in [-0.25, -0.2) is 4.40 Å². The molecular formula is C7H15NS. The van der Waals surface area contributed by atoms with E-state index in [0.717, 1.165) is 11.7 Å². The van der Waals surface area contributed by atoms with Crippen LogP contribution >= 0.6 is 11.9 Å². The second-order valence-corrected chi connectivity index (χ2v) is 3.26. The highest BCUT2D eigenvalue weighted by atomic mass is 32.2. The Bertz CT molecular complexity index is 79.0. The van der Waals surface area contributed by atoms with Crippen molar-refractivity contribution in [1.82, 2.24) is 0 Å². The molecule has 1 nitrogen and oxygen atoms in total. The Labute approximate surface area is 62.1 Å². The fourth-order valence-corrected chi connectivity index (χ4v) is 1.25. The molecule has 0 spiro atoms. The minimum absolute atomic E-state index is 0.810. The molecule has 0 aliphatic heterocycles. The van der Waals surface area contributed by atoms with E-state index >= 15 is 0 Å².